The van der Waals surface area contributed by atoms with Crippen LogP contribution in [-0.4, -0.2) is 24.6 Å². The summed E-state index contributed by atoms with van der Waals surface area (Å²) in [6.07, 6.45) is 0.807. The fraction of sp³-hybridized carbons (Fsp3) is 0.364. The molecule has 0 bridgehead atoms. The van der Waals surface area contributed by atoms with E-state index in [4.69, 9.17) is 21.4 Å². The van der Waals surface area contributed by atoms with Gasteiger partial charge in [0.05, 0.1) is 12.1 Å². The quantitative estimate of drug-likeness (QED) is 0.787. The Morgan fingerprint density at radius 1 is 1.53 bits per heavy atom. The van der Waals surface area contributed by atoms with Crippen LogP contribution in [0.25, 0.3) is 0 Å². The van der Waals surface area contributed by atoms with E-state index in [9.17, 15) is 4.79 Å². The molecule has 1 aromatic carbocycles. The smallest absolute Gasteiger partial charge is 0.163 e. The molecule has 4 heteroatoms. The van der Waals surface area contributed by atoms with Gasteiger partial charge in [0.25, 0.3) is 0 Å². The highest BCUT2D eigenvalue weighted by Crippen LogP contribution is 2.25. The Labute approximate surface area is 93.6 Å². The third-order valence-electron chi connectivity index (χ3n) is 2.04. The maximum absolute atomic E-state index is 11.5. The summed E-state index contributed by atoms with van der Waals surface area (Å²) < 4.78 is 4.98. The second-order valence-corrected chi connectivity index (χ2v) is 3.51. The number of ether oxygens (including phenoxy) is 1. The molecular formula is C11H13ClO3. The van der Waals surface area contributed by atoms with Gasteiger partial charge in [0.2, 0.25) is 0 Å². The van der Waals surface area contributed by atoms with Crippen molar-refractivity contribution < 1.29 is 14.6 Å². The van der Waals surface area contributed by atoms with E-state index in [1.54, 1.807) is 18.2 Å². The number of carbonyl (C=O) groups is 1. The van der Waals surface area contributed by atoms with Crippen LogP contribution in [0.3, 0.4) is 0 Å². The number of halogens is 1. The number of benzene rings is 1. The van der Waals surface area contributed by atoms with Gasteiger partial charge in [-0.05, 0) is 24.6 Å². The van der Waals surface area contributed by atoms with Crippen molar-refractivity contribution in [3.63, 3.8) is 0 Å². The first-order chi connectivity index (χ1) is 7.19. The van der Waals surface area contributed by atoms with E-state index < -0.39 is 0 Å². The van der Waals surface area contributed by atoms with Crippen molar-refractivity contribution in [1.29, 1.82) is 0 Å². The van der Waals surface area contributed by atoms with E-state index in [1.807, 2.05) is 0 Å². The molecule has 0 aromatic heterocycles. The van der Waals surface area contributed by atoms with Crippen LogP contribution >= 0.6 is 11.6 Å². The van der Waals surface area contributed by atoms with Crippen LogP contribution < -0.4 is 4.74 Å². The lowest BCUT2D eigenvalue weighted by molar-refractivity contribution is 0.0971. The topological polar surface area (TPSA) is 46.5 Å². The van der Waals surface area contributed by atoms with Gasteiger partial charge in [-0.25, -0.2) is 0 Å². The molecule has 0 fully saturated rings. The fourth-order valence-corrected chi connectivity index (χ4v) is 1.48. The van der Waals surface area contributed by atoms with Crippen molar-refractivity contribution in [3.05, 3.63) is 28.8 Å². The van der Waals surface area contributed by atoms with E-state index >= 15 is 0 Å². The number of carbonyl (C=O) groups excluding carboxylic acids is 1. The SMILES string of the molecule is COc1ccc(C(=O)CCCO)cc1Cl. The molecule has 0 aliphatic rings. The number of hydrogen-bond acceptors (Lipinski definition) is 3. The Balaban J connectivity index is 2.78. The Bertz CT molecular complexity index is 350. The van der Waals surface area contributed by atoms with E-state index in [-0.39, 0.29) is 12.4 Å². The van der Waals surface area contributed by atoms with Gasteiger partial charge in [-0.1, -0.05) is 11.6 Å². The van der Waals surface area contributed by atoms with Crippen molar-refractivity contribution in [1.82, 2.24) is 0 Å². The van der Waals surface area contributed by atoms with Crippen LogP contribution in [0, 0.1) is 0 Å². The van der Waals surface area contributed by atoms with Crippen LogP contribution in [0.15, 0.2) is 18.2 Å². The van der Waals surface area contributed by atoms with Crippen LogP contribution in [0.1, 0.15) is 23.2 Å². The summed E-state index contributed by atoms with van der Waals surface area (Å²) in [6.45, 7) is 0.0234. The molecule has 15 heavy (non-hydrogen) atoms. The fourth-order valence-electron chi connectivity index (χ4n) is 1.22. The maximum atomic E-state index is 11.5. The predicted octanol–water partition coefficient (Wildman–Crippen LogP) is 2.30. The summed E-state index contributed by atoms with van der Waals surface area (Å²) in [5, 5.41) is 9.02. The van der Waals surface area contributed by atoms with E-state index in [0.29, 0.717) is 29.2 Å². The van der Waals surface area contributed by atoms with Crippen molar-refractivity contribution in [3.8, 4) is 5.75 Å². The second kappa shape index (κ2) is 5.73. The molecule has 0 saturated carbocycles. The Morgan fingerprint density at radius 3 is 2.80 bits per heavy atom. The van der Waals surface area contributed by atoms with Crippen molar-refractivity contribution in [2.75, 3.05) is 13.7 Å². The van der Waals surface area contributed by atoms with Crippen molar-refractivity contribution >= 4 is 17.4 Å². The molecule has 0 atom stereocenters. The average Bonchev–Trinajstić information content (AvgIpc) is 2.25. The van der Waals surface area contributed by atoms with Gasteiger partial charge in [0.1, 0.15) is 5.75 Å². The highest BCUT2D eigenvalue weighted by molar-refractivity contribution is 6.32. The van der Waals surface area contributed by atoms with Crippen LogP contribution in [-0.2, 0) is 0 Å². The number of ketones is 1. The van der Waals surface area contributed by atoms with Crippen molar-refractivity contribution in [2.45, 2.75) is 12.8 Å². The highest BCUT2D eigenvalue weighted by atomic mass is 35.5. The zero-order valence-corrected chi connectivity index (χ0v) is 9.25. The minimum atomic E-state index is -0.0198. The largest absolute Gasteiger partial charge is 0.495 e. The van der Waals surface area contributed by atoms with Gasteiger partial charge in [0, 0.05) is 18.6 Å². The third-order valence-corrected chi connectivity index (χ3v) is 2.33. The molecule has 0 saturated heterocycles. The summed E-state index contributed by atoms with van der Waals surface area (Å²) in [4.78, 5) is 11.5. The number of rotatable bonds is 5. The molecule has 0 spiro atoms. The number of Topliss-reactive ketones (excluding diaryl/α,β-unsaturated/α-hetero) is 1. The molecule has 1 N–H and O–H groups in total. The lowest BCUT2D eigenvalue weighted by atomic mass is 10.1. The van der Waals surface area contributed by atoms with Gasteiger partial charge < -0.3 is 9.84 Å². The van der Waals surface area contributed by atoms with E-state index in [1.165, 1.54) is 7.11 Å². The second-order valence-electron chi connectivity index (χ2n) is 3.10. The average molecular weight is 229 g/mol. The molecule has 0 amide bonds. The molecule has 0 radical (unpaired) electrons. The maximum Gasteiger partial charge on any atom is 0.163 e. The molecule has 1 aromatic rings. The summed E-state index contributed by atoms with van der Waals surface area (Å²) in [5.41, 5.74) is 0.550. The lowest BCUT2D eigenvalue weighted by Gasteiger charge is -2.05. The van der Waals surface area contributed by atoms with Gasteiger partial charge >= 0.3 is 0 Å². The predicted molar refractivity (Wildman–Crippen MR) is 58.7 cm³/mol. The van der Waals surface area contributed by atoms with Crippen LogP contribution in [0.2, 0.25) is 5.02 Å². The van der Waals surface area contributed by atoms with Gasteiger partial charge in [-0.3, -0.25) is 4.79 Å². The minimum absolute atomic E-state index is 0.0198. The molecule has 1 rings (SSSR count). The van der Waals surface area contributed by atoms with Crippen LogP contribution in [0.5, 0.6) is 5.75 Å². The zero-order chi connectivity index (χ0) is 11.3. The van der Waals surface area contributed by atoms with Gasteiger partial charge in [-0.2, -0.15) is 0 Å². The number of aliphatic hydroxyl groups excluding tert-OH is 1. The summed E-state index contributed by atoms with van der Waals surface area (Å²) in [6, 6.07) is 4.92. The number of hydrogen-bond donors (Lipinski definition) is 1. The molecular weight excluding hydrogens is 216 g/mol. The lowest BCUT2D eigenvalue weighted by Crippen LogP contribution is -2.00. The minimum Gasteiger partial charge on any atom is -0.495 e. The molecule has 0 unspecified atom stereocenters. The first kappa shape index (κ1) is 12.0. The van der Waals surface area contributed by atoms with E-state index in [0.717, 1.165) is 0 Å². The zero-order valence-electron chi connectivity index (χ0n) is 8.50. The third kappa shape index (κ3) is 3.22. The Kier molecular flexibility index (Phi) is 4.59. The first-order valence-electron chi connectivity index (χ1n) is 4.66. The standard InChI is InChI=1S/C11H13ClO3/c1-15-11-5-4-8(7-9(11)12)10(14)3-2-6-13/h4-5,7,13H,2-3,6H2,1H3. The molecule has 0 aliphatic heterocycles. The van der Waals surface area contributed by atoms with Crippen molar-refractivity contribution in [2.24, 2.45) is 0 Å². The summed E-state index contributed by atoms with van der Waals surface area (Å²) >= 11 is 5.88. The normalized spacial score (nSPS) is 10.1. The Morgan fingerprint density at radius 2 is 2.27 bits per heavy atom. The summed E-state index contributed by atoms with van der Waals surface area (Å²) in [7, 11) is 1.52. The molecule has 0 heterocycles. The van der Waals surface area contributed by atoms with E-state index in [2.05, 4.69) is 0 Å². The Hall–Kier alpha value is -1.06. The monoisotopic (exact) mass is 228 g/mol. The highest BCUT2D eigenvalue weighted by Gasteiger charge is 2.08. The van der Waals surface area contributed by atoms with Gasteiger partial charge in [-0.15, -0.1) is 0 Å². The first-order valence-corrected chi connectivity index (χ1v) is 5.04. The summed E-state index contributed by atoms with van der Waals surface area (Å²) in [5.74, 6) is 0.531. The van der Waals surface area contributed by atoms with Gasteiger partial charge in [0.15, 0.2) is 5.78 Å². The van der Waals surface area contributed by atoms with Crippen LogP contribution in [0.4, 0.5) is 0 Å². The molecule has 3 nitrogen and oxygen atoms in total. The number of methoxy groups -OCH3 is 1. The molecule has 0 aliphatic carbocycles. The molecule has 82 valence electrons. The number of aliphatic hydroxyl groups is 1.